The molecule has 1 aromatic heterocycles. The third kappa shape index (κ3) is 1.39. The summed E-state index contributed by atoms with van der Waals surface area (Å²) in [7, 11) is 0. The van der Waals surface area contributed by atoms with E-state index in [9.17, 15) is 0 Å². The van der Waals surface area contributed by atoms with Crippen molar-refractivity contribution in [1.82, 2.24) is 14.8 Å². The molecule has 1 unspecified atom stereocenters. The van der Waals surface area contributed by atoms with Crippen LogP contribution < -0.4 is 5.73 Å². The van der Waals surface area contributed by atoms with Crippen LogP contribution in [0.2, 0.25) is 0 Å². The van der Waals surface area contributed by atoms with Crippen LogP contribution in [0.15, 0.2) is 0 Å². The molecule has 3 rings (SSSR count). The quantitative estimate of drug-likeness (QED) is 0.791. The Balaban J connectivity index is 1.98. The summed E-state index contributed by atoms with van der Waals surface area (Å²) in [6, 6.07) is 0.411. The summed E-state index contributed by atoms with van der Waals surface area (Å²) >= 11 is 0. The van der Waals surface area contributed by atoms with E-state index < -0.39 is 0 Å². The Morgan fingerprint density at radius 1 is 1.53 bits per heavy atom. The third-order valence-electron chi connectivity index (χ3n) is 3.73. The number of aromatic nitrogens is 3. The van der Waals surface area contributed by atoms with Crippen LogP contribution >= 0.6 is 0 Å². The van der Waals surface area contributed by atoms with Crippen LogP contribution in [0.4, 0.5) is 0 Å². The predicted molar refractivity (Wildman–Crippen MR) is 57.5 cm³/mol. The van der Waals surface area contributed by atoms with E-state index in [-0.39, 0.29) is 5.54 Å². The zero-order chi connectivity index (χ0) is 10.5. The number of nitrogens with zero attached hydrogens (tertiary/aromatic N) is 3. The molecule has 1 fully saturated rings. The zero-order valence-corrected chi connectivity index (χ0v) is 9.24. The lowest BCUT2D eigenvalue weighted by Gasteiger charge is -2.28. The average Bonchev–Trinajstić information content (AvgIpc) is 2.85. The first-order valence-corrected chi connectivity index (χ1v) is 5.96. The number of nitrogens with two attached hydrogens (primary N) is 1. The summed E-state index contributed by atoms with van der Waals surface area (Å²) in [4.78, 5) is 4.56. The second-order valence-corrected chi connectivity index (χ2v) is 4.88. The highest BCUT2D eigenvalue weighted by Gasteiger charge is 2.48. The summed E-state index contributed by atoms with van der Waals surface area (Å²) in [6.07, 6.45) is 6.68. The number of hydrogen-bond acceptors (Lipinski definition) is 3. The lowest BCUT2D eigenvalue weighted by atomic mass is 9.97. The first-order valence-electron chi connectivity index (χ1n) is 5.96. The number of fused-ring (bicyclic) bond motifs is 1. The van der Waals surface area contributed by atoms with Gasteiger partial charge in [-0.2, -0.15) is 5.10 Å². The van der Waals surface area contributed by atoms with Crippen LogP contribution in [-0.4, -0.2) is 20.3 Å². The van der Waals surface area contributed by atoms with Crippen molar-refractivity contribution in [3.63, 3.8) is 0 Å². The van der Waals surface area contributed by atoms with Crippen molar-refractivity contribution < 1.29 is 0 Å². The molecule has 1 aromatic rings. The standard InChI is InChI=1S/C11H18N4/c1-2-9-13-10-5-3-4-8(15(10)14-9)11(12)6-7-11/h8H,2-7,12H2,1H3. The first-order chi connectivity index (χ1) is 7.23. The fraction of sp³-hybridized carbons (Fsp3) is 0.818. The summed E-state index contributed by atoms with van der Waals surface area (Å²) < 4.78 is 2.12. The SMILES string of the molecule is CCc1nc2n(n1)C(C1(N)CC1)CCC2. The van der Waals surface area contributed by atoms with Gasteiger partial charge in [0, 0.05) is 18.4 Å². The van der Waals surface area contributed by atoms with E-state index >= 15 is 0 Å². The first kappa shape index (κ1) is 9.33. The highest BCUT2D eigenvalue weighted by Crippen LogP contribution is 2.46. The van der Waals surface area contributed by atoms with E-state index in [1.54, 1.807) is 0 Å². The van der Waals surface area contributed by atoms with Crippen LogP contribution in [0.1, 0.15) is 50.3 Å². The number of hydrogen-bond donors (Lipinski definition) is 1. The second kappa shape index (κ2) is 3.04. The maximum Gasteiger partial charge on any atom is 0.150 e. The lowest BCUT2D eigenvalue weighted by Crippen LogP contribution is -2.37. The van der Waals surface area contributed by atoms with Crippen molar-refractivity contribution >= 4 is 0 Å². The van der Waals surface area contributed by atoms with E-state index in [1.165, 1.54) is 12.8 Å². The molecular formula is C11H18N4. The molecule has 1 aliphatic heterocycles. The Kier molecular flexibility index (Phi) is 1.89. The molecule has 0 bridgehead atoms. The molecule has 1 saturated carbocycles. The summed E-state index contributed by atoms with van der Waals surface area (Å²) in [5.74, 6) is 2.13. The molecule has 1 aliphatic carbocycles. The van der Waals surface area contributed by atoms with Crippen molar-refractivity contribution in [2.75, 3.05) is 0 Å². The summed E-state index contributed by atoms with van der Waals surface area (Å²) in [5, 5.41) is 4.58. The van der Waals surface area contributed by atoms with Crippen molar-refractivity contribution in [3.05, 3.63) is 11.6 Å². The molecule has 4 nitrogen and oxygen atoms in total. The fourth-order valence-electron chi connectivity index (χ4n) is 2.56. The largest absolute Gasteiger partial charge is 0.323 e. The Labute approximate surface area is 89.9 Å². The summed E-state index contributed by atoms with van der Waals surface area (Å²) in [6.45, 7) is 2.10. The van der Waals surface area contributed by atoms with Gasteiger partial charge in [-0.05, 0) is 25.7 Å². The molecule has 2 heterocycles. The average molecular weight is 206 g/mol. The molecule has 4 heteroatoms. The van der Waals surface area contributed by atoms with E-state index in [4.69, 9.17) is 5.73 Å². The summed E-state index contributed by atoms with van der Waals surface area (Å²) in [5.41, 5.74) is 6.33. The molecule has 0 amide bonds. The normalized spacial score (nSPS) is 27.5. The fourth-order valence-corrected chi connectivity index (χ4v) is 2.56. The Morgan fingerprint density at radius 2 is 2.33 bits per heavy atom. The van der Waals surface area contributed by atoms with Crippen LogP contribution in [-0.2, 0) is 12.8 Å². The van der Waals surface area contributed by atoms with Crippen molar-refractivity contribution in [2.45, 2.75) is 57.0 Å². The minimum absolute atomic E-state index is 0.0356. The third-order valence-corrected chi connectivity index (χ3v) is 3.73. The van der Waals surface area contributed by atoms with Gasteiger partial charge in [0.25, 0.3) is 0 Å². The van der Waals surface area contributed by atoms with Crippen LogP contribution in [0.5, 0.6) is 0 Å². The molecule has 2 N–H and O–H groups in total. The van der Waals surface area contributed by atoms with E-state index in [2.05, 4.69) is 21.7 Å². The molecule has 0 spiro atoms. The maximum atomic E-state index is 6.30. The lowest BCUT2D eigenvalue weighted by molar-refractivity contribution is 0.295. The topological polar surface area (TPSA) is 56.7 Å². The minimum Gasteiger partial charge on any atom is -0.323 e. The van der Waals surface area contributed by atoms with Crippen molar-refractivity contribution in [1.29, 1.82) is 0 Å². The molecule has 0 aromatic carbocycles. The van der Waals surface area contributed by atoms with Gasteiger partial charge in [-0.15, -0.1) is 0 Å². The highest BCUT2D eigenvalue weighted by atomic mass is 15.4. The Bertz CT molecular complexity index is 378. The molecule has 0 saturated heterocycles. The molecule has 1 atom stereocenters. The van der Waals surface area contributed by atoms with Crippen LogP contribution in [0.3, 0.4) is 0 Å². The second-order valence-electron chi connectivity index (χ2n) is 4.88. The number of aryl methyl sites for hydroxylation is 2. The van der Waals surface area contributed by atoms with Gasteiger partial charge in [-0.3, -0.25) is 0 Å². The van der Waals surface area contributed by atoms with Gasteiger partial charge in [-0.1, -0.05) is 6.92 Å². The molecule has 2 aliphatic rings. The van der Waals surface area contributed by atoms with Gasteiger partial charge < -0.3 is 5.73 Å². The molecule has 82 valence electrons. The zero-order valence-electron chi connectivity index (χ0n) is 9.24. The monoisotopic (exact) mass is 206 g/mol. The predicted octanol–water partition coefficient (Wildman–Crippen LogP) is 1.21. The van der Waals surface area contributed by atoms with Gasteiger partial charge in [0.05, 0.1) is 6.04 Å². The number of rotatable bonds is 2. The molecule has 15 heavy (non-hydrogen) atoms. The van der Waals surface area contributed by atoms with Crippen molar-refractivity contribution in [3.8, 4) is 0 Å². The smallest absolute Gasteiger partial charge is 0.150 e. The van der Waals surface area contributed by atoms with Gasteiger partial charge in [0.2, 0.25) is 0 Å². The van der Waals surface area contributed by atoms with Gasteiger partial charge >= 0.3 is 0 Å². The molecular weight excluding hydrogens is 188 g/mol. The van der Waals surface area contributed by atoms with E-state index in [0.29, 0.717) is 6.04 Å². The van der Waals surface area contributed by atoms with Crippen LogP contribution in [0.25, 0.3) is 0 Å². The Morgan fingerprint density at radius 3 is 3.00 bits per heavy atom. The Hall–Kier alpha value is -0.900. The van der Waals surface area contributed by atoms with E-state index in [1.807, 2.05) is 0 Å². The van der Waals surface area contributed by atoms with Gasteiger partial charge in [0.1, 0.15) is 5.82 Å². The van der Waals surface area contributed by atoms with Crippen LogP contribution in [0, 0.1) is 0 Å². The minimum atomic E-state index is 0.0356. The molecule has 0 radical (unpaired) electrons. The van der Waals surface area contributed by atoms with E-state index in [0.717, 1.165) is 37.3 Å². The highest BCUT2D eigenvalue weighted by molar-refractivity contribution is 5.11. The maximum absolute atomic E-state index is 6.30. The van der Waals surface area contributed by atoms with Gasteiger partial charge in [0.15, 0.2) is 5.82 Å². The van der Waals surface area contributed by atoms with Gasteiger partial charge in [-0.25, -0.2) is 9.67 Å². The van der Waals surface area contributed by atoms with Crippen molar-refractivity contribution in [2.24, 2.45) is 5.73 Å².